The second-order valence-electron chi connectivity index (χ2n) is 2.67. The number of rotatable bonds is 1. The molecule has 1 aliphatic rings. The Balaban J connectivity index is 2.29. The van der Waals surface area contributed by atoms with Crippen molar-refractivity contribution in [2.45, 2.75) is 12.5 Å². The van der Waals surface area contributed by atoms with E-state index in [2.05, 4.69) is 10.1 Å². The van der Waals surface area contributed by atoms with E-state index in [1.54, 1.807) is 4.90 Å². The van der Waals surface area contributed by atoms with Crippen LogP contribution in [0, 0.1) is 11.5 Å². The maximum absolute atomic E-state index is 10.7. The minimum Gasteiger partial charge on any atom is -0.453 e. The van der Waals surface area contributed by atoms with Gasteiger partial charge in [0.2, 0.25) is 0 Å². The highest BCUT2D eigenvalue weighted by Gasteiger charge is 2.22. The number of carbonyl (C=O) groups is 1. The van der Waals surface area contributed by atoms with Crippen molar-refractivity contribution in [3.63, 3.8) is 0 Å². The molecule has 1 unspecified atom stereocenters. The SMILES string of the molecule is COC(=O)NC1CCN(C#N)C1. The first-order chi connectivity index (χ1) is 5.76. The molecule has 1 amide bonds. The van der Waals surface area contributed by atoms with Crippen LogP contribution in [0.2, 0.25) is 0 Å². The van der Waals surface area contributed by atoms with Gasteiger partial charge in [0.15, 0.2) is 6.19 Å². The lowest BCUT2D eigenvalue weighted by Gasteiger charge is -2.10. The summed E-state index contributed by atoms with van der Waals surface area (Å²) in [6, 6.07) is 0.0529. The first-order valence-electron chi connectivity index (χ1n) is 3.75. The molecule has 5 nitrogen and oxygen atoms in total. The highest BCUT2D eigenvalue weighted by molar-refractivity contribution is 5.67. The molecule has 1 atom stereocenters. The Kier molecular flexibility index (Phi) is 2.75. The third-order valence-electron chi connectivity index (χ3n) is 1.84. The summed E-state index contributed by atoms with van der Waals surface area (Å²) in [4.78, 5) is 12.3. The smallest absolute Gasteiger partial charge is 0.407 e. The Morgan fingerprint density at radius 2 is 2.58 bits per heavy atom. The summed E-state index contributed by atoms with van der Waals surface area (Å²) in [6.45, 7) is 1.30. The zero-order valence-corrected chi connectivity index (χ0v) is 6.91. The van der Waals surface area contributed by atoms with E-state index in [0.29, 0.717) is 13.1 Å². The number of methoxy groups -OCH3 is 1. The van der Waals surface area contributed by atoms with Crippen LogP contribution in [0.15, 0.2) is 0 Å². The number of alkyl carbamates (subject to hydrolysis) is 1. The summed E-state index contributed by atoms with van der Waals surface area (Å²) >= 11 is 0. The molecule has 0 radical (unpaired) electrons. The third-order valence-corrected chi connectivity index (χ3v) is 1.84. The number of nitrogens with one attached hydrogen (secondary N) is 1. The number of hydrogen-bond acceptors (Lipinski definition) is 4. The Labute approximate surface area is 70.9 Å². The largest absolute Gasteiger partial charge is 0.453 e. The quantitative estimate of drug-likeness (QED) is 0.556. The predicted octanol–water partition coefficient (Wildman–Crippen LogP) is -0.102. The standard InChI is InChI=1S/C7H11N3O2/c1-12-7(11)9-6-2-3-10(4-6)5-8/h6H,2-4H2,1H3,(H,9,11). The fourth-order valence-electron chi connectivity index (χ4n) is 1.19. The van der Waals surface area contributed by atoms with Crippen LogP contribution in [0.3, 0.4) is 0 Å². The van der Waals surface area contributed by atoms with Gasteiger partial charge in [-0.25, -0.2) is 4.79 Å². The summed E-state index contributed by atoms with van der Waals surface area (Å²) in [5, 5.41) is 11.1. The topological polar surface area (TPSA) is 65.4 Å². The van der Waals surface area contributed by atoms with Gasteiger partial charge < -0.3 is 15.0 Å². The van der Waals surface area contributed by atoms with Crippen molar-refractivity contribution in [1.29, 1.82) is 5.26 Å². The van der Waals surface area contributed by atoms with Gasteiger partial charge in [0.1, 0.15) is 0 Å². The first-order valence-corrected chi connectivity index (χ1v) is 3.75. The van der Waals surface area contributed by atoms with Gasteiger partial charge in [-0.3, -0.25) is 0 Å². The molecule has 1 aliphatic heterocycles. The summed E-state index contributed by atoms with van der Waals surface area (Å²) in [5.74, 6) is 0. The number of ether oxygens (including phenoxy) is 1. The Bertz CT molecular complexity index is 211. The molecule has 0 saturated carbocycles. The molecule has 1 fully saturated rings. The lowest BCUT2D eigenvalue weighted by Crippen LogP contribution is -2.36. The average Bonchev–Trinajstić information content (AvgIpc) is 2.52. The van der Waals surface area contributed by atoms with Crippen LogP contribution >= 0.6 is 0 Å². The van der Waals surface area contributed by atoms with E-state index in [1.807, 2.05) is 6.19 Å². The van der Waals surface area contributed by atoms with E-state index in [0.717, 1.165) is 6.42 Å². The average molecular weight is 169 g/mol. The number of likely N-dealkylation sites (tertiary alicyclic amines) is 1. The molecule has 1 saturated heterocycles. The molecule has 1 heterocycles. The monoisotopic (exact) mass is 169 g/mol. The van der Waals surface area contributed by atoms with E-state index >= 15 is 0 Å². The van der Waals surface area contributed by atoms with Crippen molar-refractivity contribution in [3.8, 4) is 6.19 Å². The van der Waals surface area contributed by atoms with Crippen molar-refractivity contribution in [2.75, 3.05) is 20.2 Å². The molecule has 0 aliphatic carbocycles. The minimum absolute atomic E-state index is 0.0529. The van der Waals surface area contributed by atoms with Crippen molar-refractivity contribution in [1.82, 2.24) is 10.2 Å². The second-order valence-corrected chi connectivity index (χ2v) is 2.67. The molecule has 66 valence electrons. The summed E-state index contributed by atoms with van der Waals surface area (Å²) in [7, 11) is 1.33. The summed E-state index contributed by atoms with van der Waals surface area (Å²) in [6.07, 6.45) is 2.40. The molecule has 0 aromatic rings. The van der Waals surface area contributed by atoms with Gasteiger partial charge in [-0.1, -0.05) is 0 Å². The van der Waals surface area contributed by atoms with Crippen LogP contribution in [0.5, 0.6) is 0 Å². The fraction of sp³-hybridized carbons (Fsp3) is 0.714. The van der Waals surface area contributed by atoms with Gasteiger partial charge in [0.25, 0.3) is 0 Å². The zero-order valence-electron chi connectivity index (χ0n) is 6.91. The van der Waals surface area contributed by atoms with E-state index in [-0.39, 0.29) is 6.04 Å². The first kappa shape index (κ1) is 8.65. The Morgan fingerprint density at radius 1 is 1.83 bits per heavy atom. The van der Waals surface area contributed by atoms with Gasteiger partial charge in [0.05, 0.1) is 13.2 Å². The molecule has 5 heteroatoms. The van der Waals surface area contributed by atoms with Gasteiger partial charge >= 0.3 is 6.09 Å². The van der Waals surface area contributed by atoms with Gasteiger partial charge in [-0.05, 0) is 6.42 Å². The lowest BCUT2D eigenvalue weighted by molar-refractivity contribution is 0.167. The highest BCUT2D eigenvalue weighted by atomic mass is 16.5. The minimum atomic E-state index is -0.431. The van der Waals surface area contributed by atoms with Crippen LogP contribution in [0.25, 0.3) is 0 Å². The van der Waals surface area contributed by atoms with E-state index in [9.17, 15) is 4.79 Å². The molecule has 1 N–H and O–H groups in total. The number of nitriles is 1. The summed E-state index contributed by atoms with van der Waals surface area (Å²) < 4.78 is 4.43. The highest BCUT2D eigenvalue weighted by Crippen LogP contribution is 2.06. The molecular weight excluding hydrogens is 158 g/mol. The van der Waals surface area contributed by atoms with Gasteiger partial charge in [-0.2, -0.15) is 5.26 Å². The van der Waals surface area contributed by atoms with Gasteiger partial charge in [0, 0.05) is 13.1 Å². The number of nitrogens with zero attached hydrogens (tertiary/aromatic N) is 2. The van der Waals surface area contributed by atoms with Crippen molar-refractivity contribution in [2.24, 2.45) is 0 Å². The molecule has 1 rings (SSSR count). The van der Waals surface area contributed by atoms with Gasteiger partial charge in [-0.15, -0.1) is 0 Å². The molecular formula is C7H11N3O2. The third kappa shape index (κ3) is 2.02. The van der Waals surface area contributed by atoms with Crippen LogP contribution in [-0.4, -0.2) is 37.2 Å². The predicted molar refractivity (Wildman–Crippen MR) is 41.1 cm³/mol. The van der Waals surface area contributed by atoms with Crippen molar-refractivity contribution < 1.29 is 9.53 Å². The maximum Gasteiger partial charge on any atom is 0.407 e. The number of hydrogen-bond donors (Lipinski definition) is 1. The molecule has 12 heavy (non-hydrogen) atoms. The van der Waals surface area contributed by atoms with Crippen LogP contribution in [-0.2, 0) is 4.74 Å². The molecule has 0 bridgehead atoms. The van der Waals surface area contributed by atoms with Crippen LogP contribution in [0.1, 0.15) is 6.42 Å². The summed E-state index contributed by atoms with van der Waals surface area (Å²) in [5.41, 5.74) is 0. The zero-order chi connectivity index (χ0) is 8.97. The Morgan fingerprint density at radius 3 is 3.08 bits per heavy atom. The maximum atomic E-state index is 10.7. The van der Waals surface area contributed by atoms with E-state index in [1.165, 1.54) is 7.11 Å². The van der Waals surface area contributed by atoms with Crippen LogP contribution < -0.4 is 5.32 Å². The van der Waals surface area contributed by atoms with E-state index < -0.39 is 6.09 Å². The molecule has 0 aromatic carbocycles. The Hall–Kier alpha value is -1.44. The lowest BCUT2D eigenvalue weighted by atomic mass is 10.3. The second kappa shape index (κ2) is 3.81. The van der Waals surface area contributed by atoms with Crippen LogP contribution in [0.4, 0.5) is 4.79 Å². The fourth-order valence-corrected chi connectivity index (χ4v) is 1.19. The number of amides is 1. The van der Waals surface area contributed by atoms with Crippen molar-refractivity contribution in [3.05, 3.63) is 0 Å². The number of carbonyl (C=O) groups excluding carboxylic acids is 1. The normalized spacial score (nSPS) is 21.7. The molecule has 0 spiro atoms. The molecule has 0 aromatic heterocycles. The van der Waals surface area contributed by atoms with Crippen molar-refractivity contribution >= 4 is 6.09 Å². The van der Waals surface area contributed by atoms with E-state index in [4.69, 9.17) is 5.26 Å².